The predicted octanol–water partition coefficient (Wildman–Crippen LogP) is 1.37. The molecule has 0 amide bonds. The SMILES string of the molecule is CS(=O)(=O)CCNCc1ccc2ncccc2c1. The summed E-state index contributed by atoms with van der Waals surface area (Å²) in [7, 11) is -2.89. The van der Waals surface area contributed by atoms with Crippen molar-refractivity contribution in [3.8, 4) is 0 Å². The molecule has 0 bridgehead atoms. The number of hydrogen-bond donors (Lipinski definition) is 1. The Morgan fingerprint density at radius 1 is 1.28 bits per heavy atom. The van der Waals surface area contributed by atoms with E-state index >= 15 is 0 Å². The Balaban J connectivity index is 1.96. The molecule has 0 aliphatic heterocycles. The van der Waals surface area contributed by atoms with Gasteiger partial charge in [0.2, 0.25) is 0 Å². The Bertz CT molecular complexity index is 638. The van der Waals surface area contributed by atoms with Crippen molar-refractivity contribution in [2.24, 2.45) is 0 Å². The molecule has 0 unspecified atom stereocenters. The molecular formula is C13H16N2O2S. The van der Waals surface area contributed by atoms with Crippen LogP contribution in [0.3, 0.4) is 0 Å². The summed E-state index contributed by atoms with van der Waals surface area (Å²) < 4.78 is 21.9. The summed E-state index contributed by atoms with van der Waals surface area (Å²) in [5.74, 6) is 0.169. The van der Waals surface area contributed by atoms with Crippen LogP contribution < -0.4 is 5.32 Å². The number of nitrogens with one attached hydrogen (secondary N) is 1. The van der Waals surface area contributed by atoms with E-state index in [9.17, 15) is 8.42 Å². The smallest absolute Gasteiger partial charge is 0.148 e. The highest BCUT2D eigenvalue weighted by molar-refractivity contribution is 7.90. The van der Waals surface area contributed by atoms with Crippen molar-refractivity contribution in [3.63, 3.8) is 0 Å². The van der Waals surface area contributed by atoms with Gasteiger partial charge in [-0.3, -0.25) is 4.98 Å². The molecule has 1 aromatic heterocycles. The van der Waals surface area contributed by atoms with Crippen LogP contribution in [-0.2, 0) is 16.4 Å². The van der Waals surface area contributed by atoms with Gasteiger partial charge >= 0.3 is 0 Å². The van der Waals surface area contributed by atoms with E-state index in [1.165, 1.54) is 6.26 Å². The van der Waals surface area contributed by atoms with Gasteiger partial charge in [0.25, 0.3) is 0 Å². The largest absolute Gasteiger partial charge is 0.312 e. The van der Waals surface area contributed by atoms with Gasteiger partial charge in [0.1, 0.15) is 9.84 Å². The summed E-state index contributed by atoms with van der Waals surface area (Å²) in [6.45, 7) is 1.14. The summed E-state index contributed by atoms with van der Waals surface area (Å²) >= 11 is 0. The minimum Gasteiger partial charge on any atom is -0.312 e. The first kappa shape index (κ1) is 13.0. The Labute approximate surface area is 107 Å². The van der Waals surface area contributed by atoms with E-state index in [1.54, 1.807) is 6.20 Å². The van der Waals surface area contributed by atoms with Crippen LogP contribution in [0.2, 0.25) is 0 Å². The Morgan fingerprint density at radius 3 is 2.89 bits per heavy atom. The van der Waals surface area contributed by atoms with Gasteiger partial charge in [0, 0.05) is 30.9 Å². The van der Waals surface area contributed by atoms with E-state index in [-0.39, 0.29) is 5.75 Å². The van der Waals surface area contributed by atoms with Crippen molar-refractivity contribution in [1.82, 2.24) is 10.3 Å². The standard InChI is InChI=1S/C13H16N2O2S/c1-18(16,17)8-7-14-10-11-4-5-13-12(9-11)3-2-6-15-13/h2-6,9,14H,7-8,10H2,1H3. The number of fused-ring (bicyclic) bond motifs is 1. The lowest BCUT2D eigenvalue weighted by Crippen LogP contribution is -2.21. The summed E-state index contributed by atoms with van der Waals surface area (Å²) in [4.78, 5) is 4.25. The van der Waals surface area contributed by atoms with Crippen LogP contribution in [0.5, 0.6) is 0 Å². The maximum Gasteiger partial charge on any atom is 0.148 e. The first-order valence-corrected chi connectivity index (χ1v) is 7.83. The van der Waals surface area contributed by atoms with Gasteiger partial charge in [-0.25, -0.2) is 8.42 Å². The third-order valence-corrected chi connectivity index (χ3v) is 3.59. The van der Waals surface area contributed by atoms with Crippen LogP contribution in [0.1, 0.15) is 5.56 Å². The van der Waals surface area contributed by atoms with Gasteiger partial charge in [-0.15, -0.1) is 0 Å². The van der Waals surface area contributed by atoms with E-state index in [0.717, 1.165) is 16.5 Å². The second-order valence-corrected chi connectivity index (χ2v) is 6.60. The highest BCUT2D eigenvalue weighted by Crippen LogP contribution is 2.12. The minimum absolute atomic E-state index is 0.169. The predicted molar refractivity (Wildman–Crippen MR) is 73.2 cm³/mol. The first-order chi connectivity index (χ1) is 8.54. The first-order valence-electron chi connectivity index (χ1n) is 5.77. The third kappa shape index (κ3) is 3.78. The van der Waals surface area contributed by atoms with Crippen LogP contribution >= 0.6 is 0 Å². The van der Waals surface area contributed by atoms with Crippen molar-refractivity contribution >= 4 is 20.7 Å². The van der Waals surface area contributed by atoms with E-state index in [0.29, 0.717) is 13.1 Å². The van der Waals surface area contributed by atoms with Crippen molar-refractivity contribution in [1.29, 1.82) is 0 Å². The summed E-state index contributed by atoms with van der Waals surface area (Å²) in [6, 6.07) is 9.97. The van der Waals surface area contributed by atoms with E-state index in [1.807, 2.05) is 24.3 Å². The fourth-order valence-electron chi connectivity index (χ4n) is 1.73. The molecule has 0 saturated heterocycles. The minimum atomic E-state index is -2.89. The maximum absolute atomic E-state index is 11.0. The van der Waals surface area contributed by atoms with E-state index in [4.69, 9.17) is 0 Å². The van der Waals surface area contributed by atoms with Gasteiger partial charge in [-0.2, -0.15) is 0 Å². The lowest BCUT2D eigenvalue weighted by Gasteiger charge is -2.05. The maximum atomic E-state index is 11.0. The molecule has 0 atom stereocenters. The number of nitrogens with zero attached hydrogens (tertiary/aromatic N) is 1. The third-order valence-electron chi connectivity index (χ3n) is 2.65. The number of benzene rings is 1. The number of aromatic nitrogens is 1. The Hall–Kier alpha value is -1.46. The second kappa shape index (κ2) is 5.46. The summed E-state index contributed by atoms with van der Waals surface area (Å²) in [5, 5.41) is 4.22. The summed E-state index contributed by atoms with van der Waals surface area (Å²) in [6.07, 6.45) is 3.02. The highest BCUT2D eigenvalue weighted by atomic mass is 32.2. The molecule has 0 radical (unpaired) electrons. The highest BCUT2D eigenvalue weighted by Gasteiger charge is 2.01. The molecule has 96 valence electrons. The van der Waals surface area contributed by atoms with Crippen LogP contribution in [-0.4, -0.2) is 32.0 Å². The average Bonchev–Trinajstić information content (AvgIpc) is 2.33. The van der Waals surface area contributed by atoms with Gasteiger partial charge in [-0.05, 0) is 23.8 Å². The van der Waals surface area contributed by atoms with Crippen LogP contribution in [0, 0.1) is 0 Å². The Morgan fingerprint density at radius 2 is 2.11 bits per heavy atom. The molecule has 5 heteroatoms. The molecule has 1 N–H and O–H groups in total. The molecule has 0 aliphatic carbocycles. The topological polar surface area (TPSA) is 59.1 Å². The van der Waals surface area contributed by atoms with E-state index < -0.39 is 9.84 Å². The van der Waals surface area contributed by atoms with Crippen molar-refractivity contribution < 1.29 is 8.42 Å². The van der Waals surface area contributed by atoms with Gasteiger partial charge in [0.15, 0.2) is 0 Å². The molecule has 1 aromatic carbocycles. The van der Waals surface area contributed by atoms with Crippen LogP contribution in [0.4, 0.5) is 0 Å². The van der Waals surface area contributed by atoms with Crippen molar-refractivity contribution in [3.05, 3.63) is 42.1 Å². The van der Waals surface area contributed by atoms with Crippen LogP contribution in [0.25, 0.3) is 10.9 Å². The molecule has 0 aliphatic rings. The molecule has 4 nitrogen and oxygen atoms in total. The van der Waals surface area contributed by atoms with Crippen molar-refractivity contribution in [2.75, 3.05) is 18.6 Å². The van der Waals surface area contributed by atoms with Crippen LogP contribution in [0.15, 0.2) is 36.5 Å². The molecular weight excluding hydrogens is 248 g/mol. The molecule has 0 spiro atoms. The zero-order chi connectivity index (χ0) is 13.0. The monoisotopic (exact) mass is 264 g/mol. The lowest BCUT2D eigenvalue weighted by atomic mass is 10.1. The molecule has 18 heavy (non-hydrogen) atoms. The zero-order valence-electron chi connectivity index (χ0n) is 10.3. The molecule has 2 aromatic rings. The van der Waals surface area contributed by atoms with Gasteiger partial charge in [-0.1, -0.05) is 12.1 Å². The average molecular weight is 264 g/mol. The Kier molecular flexibility index (Phi) is 3.93. The molecule has 2 rings (SSSR count). The van der Waals surface area contributed by atoms with Crippen molar-refractivity contribution in [2.45, 2.75) is 6.54 Å². The molecule has 1 heterocycles. The summed E-state index contributed by atoms with van der Waals surface area (Å²) in [5.41, 5.74) is 2.10. The quantitative estimate of drug-likeness (QED) is 0.829. The number of pyridine rings is 1. The van der Waals surface area contributed by atoms with E-state index in [2.05, 4.69) is 16.4 Å². The number of rotatable bonds is 5. The van der Waals surface area contributed by atoms with Gasteiger partial charge < -0.3 is 5.32 Å². The zero-order valence-corrected chi connectivity index (χ0v) is 11.1. The lowest BCUT2D eigenvalue weighted by molar-refractivity contribution is 0.596. The fourth-order valence-corrected chi connectivity index (χ4v) is 2.24. The normalized spacial score (nSPS) is 11.8. The second-order valence-electron chi connectivity index (χ2n) is 4.34. The molecule has 0 fully saturated rings. The molecule has 0 saturated carbocycles. The van der Waals surface area contributed by atoms with Gasteiger partial charge in [0.05, 0.1) is 11.3 Å². The number of sulfone groups is 1. The fraction of sp³-hybridized carbons (Fsp3) is 0.308. The number of hydrogen-bond acceptors (Lipinski definition) is 4.